The Morgan fingerprint density at radius 2 is 2.60 bits per heavy atom. The van der Waals surface area contributed by atoms with E-state index in [0.29, 0.717) is 0 Å². The van der Waals surface area contributed by atoms with Gasteiger partial charge in [0.05, 0.1) is 6.21 Å². The molecule has 0 aliphatic carbocycles. The second-order valence-electron chi connectivity index (χ2n) is 1.76. The number of allylic oxidation sites excluding steroid dienone is 1. The molecule has 1 unspecified atom stereocenters. The first kappa shape index (κ1) is 5.67. The maximum Gasteiger partial charge on any atom is 0.322 e. The Bertz CT molecular complexity index is 269. The Balaban J connectivity index is 2.39. The van der Waals surface area contributed by atoms with Gasteiger partial charge in [-0.05, 0) is 0 Å². The highest BCUT2D eigenvalue weighted by Crippen LogP contribution is 2.18. The molecule has 2 aliphatic rings. The van der Waals surface area contributed by atoms with Crippen molar-refractivity contribution < 1.29 is 8.39 Å². The normalized spacial score (nSPS) is 27.8. The van der Waals surface area contributed by atoms with Gasteiger partial charge in [-0.2, -0.15) is 4.21 Å². The molecule has 1 atom stereocenters. The molecule has 52 valence electrons. The highest BCUT2D eigenvalue weighted by atomic mass is 32.2. The van der Waals surface area contributed by atoms with Gasteiger partial charge in [0.2, 0.25) is 0 Å². The van der Waals surface area contributed by atoms with Crippen LogP contribution in [-0.4, -0.2) is 14.7 Å². The zero-order chi connectivity index (χ0) is 6.97. The van der Waals surface area contributed by atoms with Gasteiger partial charge in [-0.15, -0.1) is 0 Å². The van der Waals surface area contributed by atoms with Crippen LogP contribution in [0.2, 0.25) is 0 Å². The fourth-order valence-corrected chi connectivity index (χ4v) is 1.41. The zero-order valence-corrected chi connectivity index (χ0v) is 5.75. The second kappa shape index (κ2) is 1.95. The van der Waals surface area contributed by atoms with E-state index in [2.05, 4.69) is 4.99 Å². The summed E-state index contributed by atoms with van der Waals surface area (Å²) in [6.45, 7) is 0. The monoisotopic (exact) mass is 156 g/mol. The van der Waals surface area contributed by atoms with Gasteiger partial charge in [-0.1, -0.05) is 0 Å². The first-order chi connectivity index (χ1) is 4.88. The molecule has 0 bridgehead atoms. The van der Waals surface area contributed by atoms with E-state index in [4.69, 9.17) is 4.18 Å². The largest absolute Gasteiger partial charge is 0.390 e. The fourth-order valence-electron chi connectivity index (χ4n) is 0.716. The molecule has 5 heteroatoms. The van der Waals surface area contributed by atoms with E-state index in [0.717, 1.165) is 5.70 Å². The van der Waals surface area contributed by atoms with E-state index in [1.165, 1.54) is 10.6 Å². The lowest BCUT2D eigenvalue weighted by molar-refractivity contribution is 0.504. The van der Waals surface area contributed by atoms with Crippen LogP contribution < -0.4 is 0 Å². The van der Waals surface area contributed by atoms with Crippen molar-refractivity contribution in [3.05, 3.63) is 24.4 Å². The Labute approximate surface area is 60.3 Å². The highest BCUT2D eigenvalue weighted by Gasteiger charge is 2.22. The van der Waals surface area contributed by atoms with Gasteiger partial charge in [0.15, 0.2) is 0 Å². The third-order valence-electron chi connectivity index (χ3n) is 1.16. The van der Waals surface area contributed by atoms with Crippen molar-refractivity contribution in [3.8, 4) is 0 Å². The molecule has 0 aromatic carbocycles. The van der Waals surface area contributed by atoms with Crippen LogP contribution in [0.25, 0.3) is 0 Å². The Hall–Kier alpha value is -1.10. The fraction of sp³-hybridized carbons (Fsp3) is 0. The van der Waals surface area contributed by atoms with Crippen LogP contribution in [0.15, 0.2) is 29.4 Å². The summed E-state index contributed by atoms with van der Waals surface area (Å²) in [5.41, 5.74) is 0.723. The van der Waals surface area contributed by atoms with Crippen molar-refractivity contribution in [3.63, 3.8) is 0 Å². The van der Waals surface area contributed by atoms with Crippen molar-refractivity contribution in [1.29, 1.82) is 0 Å². The van der Waals surface area contributed by atoms with E-state index >= 15 is 0 Å². The molecule has 10 heavy (non-hydrogen) atoms. The Morgan fingerprint density at radius 1 is 1.70 bits per heavy atom. The lowest BCUT2D eigenvalue weighted by Gasteiger charge is -2.10. The molecule has 0 radical (unpaired) electrons. The van der Waals surface area contributed by atoms with Gasteiger partial charge in [-0.25, -0.2) is 4.31 Å². The van der Waals surface area contributed by atoms with Crippen molar-refractivity contribution >= 4 is 17.5 Å². The van der Waals surface area contributed by atoms with E-state index in [1.807, 2.05) is 0 Å². The number of fused-ring (bicyclic) bond motifs is 1. The summed E-state index contributed by atoms with van der Waals surface area (Å²) in [5.74, 6) is 0. The van der Waals surface area contributed by atoms with Gasteiger partial charge in [-0.3, -0.25) is 4.99 Å². The van der Waals surface area contributed by atoms with Crippen LogP contribution in [0.1, 0.15) is 0 Å². The van der Waals surface area contributed by atoms with Crippen molar-refractivity contribution in [2.45, 2.75) is 0 Å². The average molecular weight is 156 g/mol. The molecule has 0 N–H and O–H groups in total. The van der Waals surface area contributed by atoms with Crippen molar-refractivity contribution in [2.24, 2.45) is 4.99 Å². The molecule has 0 amide bonds. The third kappa shape index (κ3) is 0.672. The van der Waals surface area contributed by atoms with Gasteiger partial charge in [0.25, 0.3) is 0 Å². The lowest BCUT2D eigenvalue weighted by atomic mass is 10.5. The standard InChI is InChI=1S/C5H4N2O2S/c8-10-7-2-1-6-3-5(7)4-9-10/h1-4H. The molecule has 0 aromatic heterocycles. The summed E-state index contributed by atoms with van der Waals surface area (Å²) in [5, 5.41) is 0. The molecule has 0 saturated heterocycles. The van der Waals surface area contributed by atoms with Crippen LogP contribution in [0.4, 0.5) is 0 Å². The Kier molecular flexibility index (Phi) is 1.10. The quantitative estimate of drug-likeness (QED) is 0.506. The molecule has 0 spiro atoms. The predicted molar refractivity (Wildman–Crippen MR) is 36.8 cm³/mol. The van der Waals surface area contributed by atoms with Gasteiger partial charge < -0.3 is 4.18 Å². The Morgan fingerprint density at radius 3 is 3.40 bits per heavy atom. The number of rotatable bonds is 0. The maximum atomic E-state index is 10.9. The minimum Gasteiger partial charge on any atom is -0.390 e. The van der Waals surface area contributed by atoms with Gasteiger partial charge in [0.1, 0.15) is 12.0 Å². The molecule has 4 nitrogen and oxygen atoms in total. The van der Waals surface area contributed by atoms with Crippen LogP contribution in [0.5, 0.6) is 0 Å². The molecular weight excluding hydrogens is 152 g/mol. The van der Waals surface area contributed by atoms with Gasteiger partial charge >= 0.3 is 11.3 Å². The van der Waals surface area contributed by atoms with E-state index in [-0.39, 0.29) is 0 Å². The average Bonchev–Trinajstić information content (AvgIpc) is 2.34. The van der Waals surface area contributed by atoms with Crippen LogP contribution in [0.3, 0.4) is 0 Å². The molecule has 2 heterocycles. The highest BCUT2D eigenvalue weighted by molar-refractivity contribution is 7.78. The molecule has 0 fully saturated rings. The van der Waals surface area contributed by atoms with Crippen LogP contribution >= 0.6 is 0 Å². The summed E-state index contributed by atoms with van der Waals surface area (Å²) in [4.78, 5) is 3.82. The van der Waals surface area contributed by atoms with E-state index in [9.17, 15) is 4.21 Å². The molecular formula is C5H4N2O2S. The van der Waals surface area contributed by atoms with Crippen LogP contribution in [0, 0.1) is 0 Å². The number of hydrogen-bond donors (Lipinski definition) is 0. The summed E-state index contributed by atoms with van der Waals surface area (Å²) in [7, 11) is 0. The molecule has 2 rings (SSSR count). The molecule has 0 aromatic rings. The molecule has 0 saturated carbocycles. The smallest absolute Gasteiger partial charge is 0.322 e. The van der Waals surface area contributed by atoms with Crippen LogP contribution in [-0.2, 0) is 15.4 Å². The zero-order valence-electron chi connectivity index (χ0n) is 4.93. The number of nitrogens with zero attached hydrogens (tertiary/aromatic N) is 2. The summed E-state index contributed by atoms with van der Waals surface area (Å²) >= 11 is -1.38. The number of aliphatic imine (C=N–C) groups is 1. The SMILES string of the molecule is O=S1OC=C2C=NC=CN21. The first-order valence-corrected chi connectivity index (χ1v) is 3.69. The van der Waals surface area contributed by atoms with Crippen molar-refractivity contribution in [2.75, 3.05) is 0 Å². The summed E-state index contributed by atoms with van der Waals surface area (Å²) in [6.07, 6.45) is 6.17. The minimum absolute atomic E-state index is 0.723. The molecule has 2 aliphatic heterocycles. The van der Waals surface area contributed by atoms with E-state index in [1.54, 1.807) is 18.6 Å². The lowest BCUT2D eigenvalue weighted by Crippen LogP contribution is -2.16. The summed E-state index contributed by atoms with van der Waals surface area (Å²) in [6, 6.07) is 0. The first-order valence-electron chi connectivity index (χ1n) is 2.66. The topological polar surface area (TPSA) is 41.9 Å². The number of hydrogen-bond acceptors (Lipinski definition) is 3. The predicted octanol–water partition coefficient (Wildman–Crippen LogP) is 0.294. The van der Waals surface area contributed by atoms with Gasteiger partial charge in [0, 0.05) is 12.4 Å². The maximum absolute atomic E-state index is 10.9. The summed E-state index contributed by atoms with van der Waals surface area (Å²) < 4.78 is 17.0. The van der Waals surface area contributed by atoms with E-state index < -0.39 is 11.3 Å². The third-order valence-corrected chi connectivity index (χ3v) is 2.08. The van der Waals surface area contributed by atoms with Crippen molar-refractivity contribution in [1.82, 2.24) is 4.31 Å². The minimum atomic E-state index is -1.38. The second-order valence-corrected chi connectivity index (χ2v) is 2.78.